The Kier molecular flexibility index (Phi) is 3.01. The molecule has 1 aromatic rings. The Labute approximate surface area is 76.0 Å². The summed E-state index contributed by atoms with van der Waals surface area (Å²) in [7, 11) is 0. The predicted molar refractivity (Wildman–Crippen MR) is 47.4 cm³/mol. The fourth-order valence-corrected chi connectivity index (χ4v) is 1.15. The van der Waals surface area contributed by atoms with Crippen molar-refractivity contribution in [2.75, 3.05) is 0 Å². The minimum atomic E-state index is -1.10. The highest BCUT2D eigenvalue weighted by atomic mass is 19.1. The maximum atomic E-state index is 13.1. The van der Waals surface area contributed by atoms with E-state index < -0.39 is 11.8 Å². The summed E-state index contributed by atoms with van der Waals surface area (Å²) in [4.78, 5) is 10.5. The van der Waals surface area contributed by atoms with Crippen LogP contribution in [0.1, 0.15) is 29.3 Å². The molecule has 0 radical (unpaired) electrons. The molecule has 70 valence electrons. The molecular weight excluding hydrogens is 171 g/mol. The Morgan fingerprint density at radius 2 is 2.23 bits per heavy atom. The molecule has 2 nitrogen and oxygen atoms in total. The SMILES string of the molecule is CCCc1ccc(C(=O)O)cc1F. The lowest BCUT2D eigenvalue weighted by atomic mass is 10.1. The van der Waals surface area contributed by atoms with Crippen molar-refractivity contribution in [3.05, 3.63) is 35.1 Å². The first-order valence-corrected chi connectivity index (χ1v) is 4.17. The minimum Gasteiger partial charge on any atom is -0.478 e. The van der Waals surface area contributed by atoms with Crippen molar-refractivity contribution in [1.82, 2.24) is 0 Å². The molecule has 0 saturated carbocycles. The second-order valence-electron chi connectivity index (χ2n) is 2.86. The number of hydrogen-bond acceptors (Lipinski definition) is 1. The van der Waals surface area contributed by atoms with Gasteiger partial charge in [0, 0.05) is 0 Å². The topological polar surface area (TPSA) is 37.3 Å². The van der Waals surface area contributed by atoms with Gasteiger partial charge >= 0.3 is 5.97 Å². The Hall–Kier alpha value is -1.38. The van der Waals surface area contributed by atoms with Crippen LogP contribution in [0, 0.1) is 5.82 Å². The molecule has 0 aliphatic rings. The van der Waals surface area contributed by atoms with Gasteiger partial charge in [0.05, 0.1) is 5.56 Å². The summed E-state index contributed by atoms with van der Waals surface area (Å²) < 4.78 is 13.1. The number of hydrogen-bond donors (Lipinski definition) is 1. The van der Waals surface area contributed by atoms with Crippen molar-refractivity contribution in [1.29, 1.82) is 0 Å². The maximum Gasteiger partial charge on any atom is 0.335 e. The average Bonchev–Trinajstić information content (AvgIpc) is 2.08. The molecule has 0 bridgehead atoms. The zero-order chi connectivity index (χ0) is 9.84. The molecule has 0 saturated heterocycles. The van der Waals surface area contributed by atoms with Crippen LogP contribution in [0.2, 0.25) is 0 Å². The number of halogens is 1. The van der Waals surface area contributed by atoms with Crippen molar-refractivity contribution in [3.8, 4) is 0 Å². The van der Waals surface area contributed by atoms with Gasteiger partial charge in [0.1, 0.15) is 5.82 Å². The quantitative estimate of drug-likeness (QED) is 0.779. The number of aromatic carboxylic acids is 1. The first-order chi connectivity index (χ1) is 6.15. The summed E-state index contributed by atoms with van der Waals surface area (Å²) in [5.74, 6) is -1.52. The Morgan fingerprint density at radius 3 is 2.69 bits per heavy atom. The molecule has 0 heterocycles. The molecule has 0 aliphatic carbocycles. The summed E-state index contributed by atoms with van der Waals surface area (Å²) in [5, 5.41) is 8.56. The van der Waals surface area contributed by atoms with Crippen molar-refractivity contribution in [2.45, 2.75) is 19.8 Å². The fraction of sp³-hybridized carbons (Fsp3) is 0.300. The number of carbonyl (C=O) groups is 1. The van der Waals surface area contributed by atoms with Crippen molar-refractivity contribution in [3.63, 3.8) is 0 Å². The van der Waals surface area contributed by atoms with Gasteiger partial charge in [-0.2, -0.15) is 0 Å². The van der Waals surface area contributed by atoms with Crippen molar-refractivity contribution >= 4 is 5.97 Å². The van der Waals surface area contributed by atoms with Crippen LogP contribution in [0.4, 0.5) is 4.39 Å². The number of benzene rings is 1. The zero-order valence-corrected chi connectivity index (χ0v) is 7.38. The molecule has 0 spiro atoms. The second-order valence-corrected chi connectivity index (χ2v) is 2.86. The van der Waals surface area contributed by atoms with E-state index >= 15 is 0 Å². The van der Waals surface area contributed by atoms with Gasteiger partial charge in [-0.05, 0) is 24.1 Å². The van der Waals surface area contributed by atoms with Gasteiger partial charge in [-0.15, -0.1) is 0 Å². The van der Waals surface area contributed by atoms with Gasteiger partial charge in [0.25, 0.3) is 0 Å². The molecule has 3 heteroatoms. The standard InChI is InChI=1S/C10H11FO2/c1-2-3-7-4-5-8(10(12)13)6-9(7)11/h4-6H,2-3H2,1H3,(H,12,13). The zero-order valence-electron chi connectivity index (χ0n) is 7.38. The van der Waals surface area contributed by atoms with Gasteiger partial charge in [-0.1, -0.05) is 19.4 Å². The van der Waals surface area contributed by atoms with Crippen LogP contribution in [-0.2, 0) is 6.42 Å². The second kappa shape index (κ2) is 4.03. The lowest BCUT2D eigenvalue weighted by Crippen LogP contribution is -1.99. The predicted octanol–water partition coefficient (Wildman–Crippen LogP) is 2.48. The first-order valence-electron chi connectivity index (χ1n) is 4.17. The summed E-state index contributed by atoms with van der Waals surface area (Å²) in [5.41, 5.74) is 0.574. The molecular formula is C10H11FO2. The highest BCUT2D eigenvalue weighted by molar-refractivity contribution is 5.87. The van der Waals surface area contributed by atoms with Crippen LogP contribution >= 0.6 is 0 Å². The molecule has 0 aliphatic heterocycles. The lowest BCUT2D eigenvalue weighted by Gasteiger charge is -2.01. The van der Waals surface area contributed by atoms with Gasteiger partial charge < -0.3 is 5.11 Å². The number of carboxylic acid groups (broad SMARTS) is 1. The monoisotopic (exact) mass is 182 g/mol. The minimum absolute atomic E-state index is 0.00245. The van der Waals surface area contributed by atoms with Gasteiger partial charge in [-0.25, -0.2) is 9.18 Å². The normalized spacial score (nSPS) is 10.0. The Balaban J connectivity index is 2.98. The smallest absolute Gasteiger partial charge is 0.335 e. The first kappa shape index (κ1) is 9.71. The van der Waals surface area contributed by atoms with E-state index in [2.05, 4.69) is 0 Å². The van der Waals surface area contributed by atoms with E-state index in [1.807, 2.05) is 6.92 Å². The fourth-order valence-electron chi connectivity index (χ4n) is 1.15. The molecule has 0 atom stereocenters. The maximum absolute atomic E-state index is 13.1. The van der Waals surface area contributed by atoms with Crippen LogP contribution in [-0.4, -0.2) is 11.1 Å². The summed E-state index contributed by atoms with van der Waals surface area (Å²) in [6.45, 7) is 1.95. The summed E-state index contributed by atoms with van der Waals surface area (Å²) >= 11 is 0. The molecule has 0 aromatic heterocycles. The van der Waals surface area contributed by atoms with E-state index in [1.54, 1.807) is 0 Å². The summed E-state index contributed by atoms with van der Waals surface area (Å²) in [6, 6.07) is 4.02. The average molecular weight is 182 g/mol. The third-order valence-electron chi connectivity index (χ3n) is 1.82. The molecule has 1 rings (SSSR count). The van der Waals surface area contributed by atoms with Crippen LogP contribution in [0.25, 0.3) is 0 Å². The Bertz CT molecular complexity index is 321. The van der Waals surface area contributed by atoms with E-state index in [9.17, 15) is 9.18 Å². The lowest BCUT2D eigenvalue weighted by molar-refractivity contribution is 0.0696. The largest absolute Gasteiger partial charge is 0.478 e. The highest BCUT2D eigenvalue weighted by Crippen LogP contribution is 2.12. The van der Waals surface area contributed by atoms with Crippen LogP contribution in [0.15, 0.2) is 18.2 Å². The van der Waals surface area contributed by atoms with Crippen molar-refractivity contribution in [2.24, 2.45) is 0 Å². The van der Waals surface area contributed by atoms with E-state index in [0.29, 0.717) is 12.0 Å². The van der Waals surface area contributed by atoms with Crippen molar-refractivity contribution < 1.29 is 14.3 Å². The van der Waals surface area contributed by atoms with Gasteiger partial charge in [0.2, 0.25) is 0 Å². The number of carboxylic acids is 1. The third-order valence-corrected chi connectivity index (χ3v) is 1.82. The highest BCUT2D eigenvalue weighted by Gasteiger charge is 2.06. The van der Waals surface area contributed by atoms with E-state index in [4.69, 9.17) is 5.11 Å². The van der Waals surface area contributed by atoms with E-state index in [0.717, 1.165) is 12.5 Å². The van der Waals surface area contributed by atoms with Crippen LogP contribution < -0.4 is 0 Å². The molecule has 0 unspecified atom stereocenters. The van der Waals surface area contributed by atoms with Gasteiger partial charge in [-0.3, -0.25) is 0 Å². The number of rotatable bonds is 3. The van der Waals surface area contributed by atoms with Crippen LogP contribution in [0.5, 0.6) is 0 Å². The molecule has 1 aromatic carbocycles. The van der Waals surface area contributed by atoms with Crippen LogP contribution in [0.3, 0.4) is 0 Å². The molecule has 0 amide bonds. The molecule has 1 N–H and O–H groups in total. The van der Waals surface area contributed by atoms with Gasteiger partial charge in [0.15, 0.2) is 0 Å². The summed E-state index contributed by atoms with van der Waals surface area (Å²) in [6.07, 6.45) is 1.50. The third kappa shape index (κ3) is 2.28. The molecule has 13 heavy (non-hydrogen) atoms. The Morgan fingerprint density at radius 1 is 1.54 bits per heavy atom. The number of aryl methyl sites for hydroxylation is 1. The van der Waals surface area contributed by atoms with E-state index in [1.165, 1.54) is 12.1 Å². The molecule has 0 fully saturated rings. The van der Waals surface area contributed by atoms with E-state index in [-0.39, 0.29) is 5.56 Å².